The van der Waals surface area contributed by atoms with Gasteiger partial charge in [-0.25, -0.2) is 4.79 Å². The molecule has 9 atom stereocenters. The third-order valence-electron chi connectivity index (χ3n) is 9.80. The lowest BCUT2D eigenvalue weighted by atomic mass is 9.42. The van der Waals surface area contributed by atoms with Crippen LogP contribution in [0.4, 0.5) is 0 Å². The van der Waals surface area contributed by atoms with Crippen molar-refractivity contribution in [1.82, 2.24) is 0 Å². The quantitative estimate of drug-likeness (QED) is 0.649. The van der Waals surface area contributed by atoms with Gasteiger partial charge in [-0.1, -0.05) is 13.8 Å². The Balaban J connectivity index is 1.58. The van der Waals surface area contributed by atoms with Crippen LogP contribution in [0.5, 0.6) is 0 Å². The number of rotatable bonds is 1. The molecule has 0 amide bonds. The van der Waals surface area contributed by atoms with Gasteiger partial charge in [-0.15, -0.1) is 0 Å². The second-order valence-corrected chi connectivity index (χ2v) is 10.8. The summed E-state index contributed by atoms with van der Waals surface area (Å²) in [6, 6.07) is 3.05. The molecule has 4 aliphatic rings. The van der Waals surface area contributed by atoms with E-state index in [2.05, 4.69) is 6.92 Å². The summed E-state index contributed by atoms with van der Waals surface area (Å²) in [5.74, 6) is -0.752. The van der Waals surface area contributed by atoms with E-state index in [4.69, 9.17) is 4.42 Å². The lowest BCUT2D eigenvalue weighted by Crippen LogP contribution is -2.70. The van der Waals surface area contributed by atoms with Gasteiger partial charge in [0.1, 0.15) is 6.10 Å². The molecule has 5 rings (SSSR count). The highest BCUT2D eigenvalue weighted by Gasteiger charge is 2.73. The van der Waals surface area contributed by atoms with Crippen LogP contribution in [-0.2, 0) is 4.79 Å². The number of carbonyl (C=O) groups is 1. The van der Waals surface area contributed by atoms with Crippen molar-refractivity contribution in [3.8, 4) is 0 Å². The Bertz CT molecular complexity index is 904. The van der Waals surface area contributed by atoms with E-state index in [1.807, 2.05) is 6.92 Å². The average Bonchev–Trinajstić information content (AvgIpc) is 3.00. The van der Waals surface area contributed by atoms with Crippen LogP contribution in [0.2, 0.25) is 0 Å². The van der Waals surface area contributed by atoms with Crippen molar-refractivity contribution in [2.75, 3.05) is 0 Å². The van der Waals surface area contributed by atoms with Crippen LogP contribution >= 0.6 is 0 Å². The Morgan fingerprint density at radius 1 is 1.03 bits per heavy atom. The minimum Gasteiger partial charge on any atom is -0.431 e. The van der Waals surface area contributed by atoms with Gasteiger partial charge >= 0.3 is 5.63 Å². The van der Waals surface area contributed by atoms with Gasteiger partial charge < -0.3 is 19.7 Å². The van der Waals surface area contributed by atoms with Crippen LogP contribution in [0, 0.1) is 28.6 Å². The fourth-order valence-corrected chi connectivity index (χ4v) is 8.09. The SMILES string of the molecule is C[C@]12CC[C@H](O)C[C@@H]1CC[C@@H]1[C@H]2C(=O)[C@H](O)[C@]2(C)[C@@H](c3ccc(=O)oc3)CC[C@]12O. The van der Waals surface area contributed by atoms with E-state index in [0.717, 1.165) is 24.8 Å². The second-order valence-electron chi connectivity index (χ2n) is 10.8. The zero-order chi connectivity index (χ0) is 21.5. The number of Topliss-reactive ketones (excluding diaryl/α,β-unsaturated/α-hetero) is 1. The Hall–Kier alpha value is -1.50. The van der Waals surface area contributed by atoms with Gasteiger partial charge in [-0.2, -0.15) is 0 Å². The van der Waals surface area contributed by atoms with Gasteiger partial charge in [-0.3, -0.25) is 4.79 Å². The molecular formula is C24H32O6. The molecule has 0 aliphatic heterocycles. The first-order chi connectivity index (χ1) is 14.1. The summed E-state index contributed by atoms with van der Waals surface area (Å²) in [6.45, 7) is 3.98. The van der Waals surface area contributed by atoms with Crippen molar-refractivity contribution >= 4 is 5.78 Å². The number of carbonyl (C=O) groups excluding carboxylic acids is 1. The second kappa shape index (κ2) is 6.50. The number of aliphatic hydroxyl groups excluding tert-OH is 2. The van der Waals surface area contributed by atoms with Crippen molar-refractivity contribution < 1.29 is 24.5 Å². The molecule has 0 unspecified atom stereocenters. The molecule has 1 heterocycles. The van der Waals surface area contributed by atoms with Gasteiger partial charge in [0.15, 0.2) is 5.78 Å². The molecule has 0 bridgehead atoms. The molecule has 4 fully saturated rings. The van der Waals surface area contributed by atoms with Crippen molar-refractivity contribution in [2.45, 2.75) is 82.5 Å². The van der Waals surface area contributed by atoms with Crippen LogP contribution in [0.25, 0.3) is 0 Å². The summed E-state index contributed by atoms with van der Waals surface area (Å²) in [5, 5.41) is 33.7. The van der Waals surface area contributed by atoms with E-state index in [9.17, 15) is 24.9 Å². The van der Waals surface area contributed by atoms with Crippen molar-refractivity contribution in [3.05, 3.63) is 34.4 Å². The average molecular weight is 417 g/mol. The molecule has 1 aromatic heterocycles. The topological polar surface area (TPSA) is 108 Å². The molecule has 164 valence electrons. The Kier molecular flexibility index (Phi) is 4.42. The molecule has 1 aromatic rings. The minimum atomic E-state index is -1.27. The zero-order valence-corrected chi connectivity index (χ0v) is 17.7. The monoisotopic (exact) mass is 416 g/mol. The fourth-order valence-electron chi connectivity index (χ4n) is 8.09. The standard InChI is InChI=1S/C24H32O6/c1-22-9-7-15(25)11-14(22)4-5-17-19(22)20(27)21(28)23(2)16(8-10-24(17,23)29)13-3-6-18(26)30-12-13/h3,6,12,14-17,19,21,25,28-29H,4-5,7-11H2,1-2H3/t14-,15-,16+,17+,19-,21-,22-,23-,24-/m0/s1. The Labute approximate surface area is 176 Å². The zero-order valence-electron chi connectivity index (χ0n) is 17.7. The van der Waals surface area contributed by atoms with Gasteiger partial charge in [-0.05, 0) is 79.7 Å². The predicted molar refractivity (Wildman–Crippen MR) is 109 cm³/mol. The summed E-state index contributed by atoms with van der Waals surface area (Å²) in [4.78, 5) is 25.1. The van der Waals surface area contributed by atoms with Gasteiger partial charge in [0.2, 0.25) is 0 Å². The summed E-state index contributed by atoms with van der Waals surface area (Å²) in [7, 11) is 0. The predicted octanol–water partition coefficient (Wildman–Crippen LogP) is 2.39. The molecule has 4 aliphatic carbocycles. The van der Waals surface area contributed by atoms with Gasteiger partial charge in [0.05, 0.1) is 18.0 Å². The molecule has 0 aromatic carbocycles. The normalized spacial score (nSPS) is 50.5. The van der Waals surface area contributed by atoms with Crippen molar-refractivity contribution in [2.24, 2.45) is 28.6 Å². The number of hydrogen-bond acceptors (Lipinski definition) is 6. The lowest BCUT2D eigenvalue weighted by Gasteiger charge is -2.63. The van der Waals surface area contributed by atoms with E-state index in [1.165, 1.54) is 12.3 Å². The summed E-state index contributed by atoms with van der Waals surface area (Å²) in [6.07, 6.45) is 4.71. The molecule has 0 spiro atoms. The minimum absolute atomic E-state index is 0.153. The molecule has 4 saturated carbocycles. The van der Waals surface area contributed by atoms with Crippen LogP contribution in [0.1, 0.15) is 70.3 Å². The highest BCUT2D eigenvalue weighted by molar-refractivity contribution is 5.89. The number of aliphatic hydroxyl groups is 3. The maximum Gasteiger partial charge on any atom is 0.335 e. The maximum absolute atomic E-state index is 13.7. The highest BCUT2D eigenvalue weighted by Crippen LogP contribution is 2.69. The van der Waals surface area contributed by atoms with Crippen molar-refractivity contribution in [3.63, 3.8) is 0 Å². The number of fused-ring (bicyclic) bond motifs is 5. The molecule has 0 saturated heterocycles. The summed E-state index contributed by atoms with van der Waals surface area (Å²) in [5.41, 5.74) is -2.17. The molecule has 30 heavy (non-hydrogen) atoms. The Morgan fingerprint density at radius 3 is 2.50 bits per heavy atom. The van der Waals surface area contributed by atoms with Gasteiger partial charge in [0.25, 0.3) is 0 Å². The first kappa shape index (κ1) is 20.4. The maximum atomic E-state index is 13.7. The third kappa shape index (κ3) is 2.41. The molecule has 6 heteroatoms. The van der Waals surface area contributed by atoms with Crippen LogP contribution in [-0.4, -0.2) is 38.9 Å². The van der Waals surface area contributed by atoms with Crippen molar-refractivity contribution in [1.29, 1.82) is 0 Å². The van der Waals surface area contributed by atoms with E-state index < -0.39 is 22.7 Å². The molecule has 3 N–H and O–H groups in total. The third-order valence-corrected chi connectivity index (χ3v) is 9.80. The van der Waals surface area contributed by atoms with Crippen LogP contribution in [0.15, 0.2) is 27.6 Å². The number of hydrogen-bond donors (Lipinski definition) is 3. The largest absolute Gasteiger partial charge is 0.431 e. The first-order valence-corrected chi connectivity index (χ1v) is 11.3. The summed E-state index contributed by atoms with van der Waals surface area (Å²) >= 11 is 0. The van der Waals surface area contributed by atoms with E-state index in [1.54, 1.807) is 6.07 Å². The van der Waals surface area contributed by atoms with Crippen LogP contribution in [0.3, 0.4) is 0 Å². The van der Waals surface area contributed by atoms with E-state index in [-0.39, 0.29) is 41.0 Å². The molecule has 6 nitrogen and oxygen atoms in total. The highest BCUT2D eigenvalue weighted by atomic mass is 16.4. The van der Waals surface area contributed by atoms with E-state index in [0.29, 0.717) is 25.7 Å². The molecular weight excluding hydrogens is 384 g/mol. The van der Waals surface area contributed by atoms with E-state index >= 15 is 0 Å². The lowest BCUT2D eigenvalue weighted by molar-refractivity contribution is -0.230. The first-order valence-electron chi connectivity index (χ1n) is 11.3. The fraction of sp³-hybridized carbons (Fsp3) is 0.750. The smallest absolute Gasteiger partial charge is 0.335 e. The number of ketones is 1. The summed E-state index contributed by atoms with van der Waals surface area (Å²) < 4.78 is 5.07. The van der Waals surface area contributed by atoms with Gasteiger partial charge in [0, 0.05) is 17.4 Å². The Morgan fingerprint density at radius 2 is 1.80 bits per heavy atom. The van der Waals surface area contributed by atoms with Crippen LogP contribution < -0.4 is 5.63 Å². The molecule has 0 radical (unpaired) electrons.